The molecule has 1 unspecified atom stereocenters. The highest BCUT2D eigenvalue weighted by atomic mass is 35.5. The van der Waals surface area contributed by atoms with Gasteiger partial charge >= 0.3 is 0 Å². The summed E-state index contributed by atoms with van der Waals surface area (Å²) < 4.78 is 33.5. The lowest BCUT2D eigenvalue weighted by atomic mass is 9.95. The van der Waals surface area contributed by atoms with Crippen LogP contribution >= 0.6 is 11.6 Å². The van der Waals surface area contributed by atoms with Crippen LogP contribution in [-0.4, -0.2) is 23.3 Å². The van der Waals surface area contributed by atoms with E-state index < -0.39 is 5.92 Å². The second-order valence-corrected chi connectivity index (χ2v) is 9.91. The lowest BCUT2D eigenvalue weighted by Gasteiger charge is -2.18. The Morgan fingerprint density at radius 1 is 1.19 bits per heavy atom. The number of hydrogen-bond donors (Lipinski definition) is 1. The Morgan fingerprint density at radius 2 is 1.76 bits per heavy atom. The summed E-state index contributed by atoms with van der Waals surface area (Å²) in [4.78, 5) is 8.53. The van der Waals surface area contributed by atoms with Gasteiger partial charge in [0, 0.05) is 25.1 Å². The minimum Gasteiger partial charge on any atom is -0.489 e. The van der Waals surface area contributed by atoms with E-state index >= 15 is 0 Å². The van der Waals surface area contributed by atoms with Crippen molar-refractivity contribution >= 4 is 22.5 Å². The van der Waals surface area contributed by atoms with E-state index in [9.17, 15) is 8.78 Å². The third-order valence-corrected chi connectivity index (χ3v) is 5.76. The molecule has 0 heterocycles. The van der Waals surface area contributed by atoms with E-state index in [1.54, 1.807) is 13.1 Å². The SMILES string of the molecule is C=C(OCc1ccc(C(=N/C(=C\C)C(C)(F)F)C(C)CC)cc1)/C(C)=C\N=C(Cl)CCC.CC(C)CN. The maximum atomic E-state index is 13.9. The topological polar surface area (TPSA) is 60.0 Å². The van der Waals surface area contributed by atoms with E-state index in [2.05, 4.69) is 30.4 Å². The number of hydrogen-bond acceptors (Lipinski definition) is 4. The van der Waals surface area contributed by atoms with Crippen LogP contribution in [0.3, 0.4) is 0 Å². The molecule has 1 aromatic carbocycles. The first-order chi connectivity index (χ1) is 17.3. The van der Waals surface area contributed by atoms with Crippen LogP contribution in [0.15, 0.2) is 70.1 Å². The fourth-order valence-electron chi connectivity index (χ4n) is 2.76. The number of allylic oxidation sites excluding steroid dienone is 3. The maximum Gasteiger partial charge on any atom is 0.286 e. The van der Waals surface area contributed by atoms with E-state index in [1.165, 1.54) is 6.08 Å². The molecule has 0 fully saturated rings. The first-order valence-corrected chi connectivity index (χ1v) is 13.3. The van der Waals surface area contributed by atoms with Gasteiger partial charge in [-0.15, -0.1) is 0 Å². The summed E-state index contributed by atoms with van der Waals surface area (Å²) in [6.07, 6.45) is 5.49. The highest BCUT2D eigenvalue weighted by Gasteiger charge is 2.28. The molecule has 37 heavy (non-hydrogen) atoms. The van der Waals surface area contributed by atoms with Crippen molar-refractivity contribution in [1.29, 1.82) is 0 Å². The molecule has 0 amide bonds. The monoisotopic (exact) mass is 537 g/mol. The van der Waals surface area contributed by atoms with Crippen LogP contribution < -0.4 is 5.73 Å². The molecule has 0 aliphatic rings. The van der Waals surface area contributed by atoms with Crippen molar-refractivity contribution in [1.82, 2.24) is 0 Å². The number of nitrogens with zero attached hydrogens (tertiary/aromatic N) is 2. The Morgan fingerprint density at radius 3 is 2.19 bits per heavy atom. The number of aliphatic imine (C=N–C) groups is 2. The highest BCUT2D eigenvalue weighted by molar-refractivity contribution is 6.65. The van der Waals surface area contributed by atoms with Crippen LogP contribution in [0.4, 0.5) is 8.78 Å². The first-order valence-electron chi connectivity index (χ1n) is 12.9. The standard InChI is InChI=1S/C26H35ClF2N2O.C4H11N/c1-8-11-24(27)30-16-19(5)20(6)32-17-21-12-14-22(15-13-21)25(18(4)9-2)31-23(10-3)26(7,28)29;1-4(2)3-5/h10,12-16,18H,6,8-9,11,17H2,1-5,7H3;4H,3,5H2,1-2H3/b19-16-,23-10-,30-24?,31-25?;. The summed E-state index contributed by atoms with van der Waals surface area (Å²) in [6, 6.07) is 7.61. The highest BCUT2D eigenvalue weighted by Crippen LogP contribution is 2.27. The van der Waals surface area contributed by atoms with Crippen LogP contribution in [0.1, 0.15) is 85.8 Å². The zero-order valence-corrected chi connectivity index (χ0v) is 24.6. The number of ether oxygens (including phenoxy) is 1. The largest absolute Gasteiger partial charge is 0.489 e. The Kier molecular flexibility index (Phi) is 16.9. The van der Waals surface area contributed by atoms with Gasteiger partial charge in [0.25, 0.3) is 5.92 Å². The van der Waals surface area contributed by atoms with Crippen LogP contribution in [0.5, 0.6) is 0 Å². The molecule has 0 aliphatic heterocycles. The molecular formula is C30H46ClF2N3O. The predicted octanol–water partition coefficient (Wildman–Crippen LogP) is 9.05. The van der Waals surface area contributed by atoms with Gasteiger partial charge < -0.3 is 10.5 Å². The Labute approximate surface area is 228 Å². The van der Waals surface area contributed by atoms with Gasteiger partial charge in [-0.3, -0.25) is 4.99 Å². The average Bonchev–Trinajstić information content (AvgIpc) is 2.86. The fraction of sp³-hybridized carbons (Fsp3) is 0.533. The van der Waals surface area contributed by atoms with E-state index in [-0.39, 0.29) is 11.6 Å². The molecule has 0 spiro atoms. The first kappa shape index (κ1) is 34.7. The summed E-state index contributed by atoms with van der Waals surface area (Å²) in [5.41, 5.74) is 8.15. The normalized spacial score (nSPS) is 14.3. The van der Waals surface area contributed by atoms with Crippen molar-refractivity contribution < 1.29 is 13.5 Å². The molecule has 208 valence electrons. The Balaban J connectivity index is 0.00000235. The van der Waals surface area contributed by atoms with Gasteiger partial charge in [0.05, 0.1) is 5.71 Å². The Hall–Kier alpha value is -2.31. The molecule has 1 rings (SSSR count). The van der Waals surface area contributed by atoms with Crippen LogP contribution in [0.2, 0.25) is 0 Å². The molecular weight excluding hydrogens is 492 g/mol. The molecule has 7 heteroatoms. The summed E-state index contributed by atoms with van der Waals surface area (Å²) in [6.45, 7) is 19.6. The number of alkyl halides is 2. The molecule has 1 atom stereocenters. The summed E-state index contributed by atoms with van der Waals surface area (Å²) in [7, 11) is 0. The molecule has 0 aromatic heterocycles. The second kappa shape index (κ2) is 18.0. The number of benzene rings is 1. The summed E-state index contributed by atoms with van der Waals surface area (Å²) in [5.74, 6) is -1.77. The lowest BCUT2D eigenvalue weighted by molar-refractivity contribution is 0.0619. The third kappa shape index (κ3) is 14.3. The molecule has 4 nitrogen and oxygen atoms in total. The smallest absolute Gasteiger partial charge is 0.286 e. The van der Waals surface area contributed by atoms with E-state index in [1.807, 2.05) is 52.0 Å². The number of rotatable bonds is 13. The van der Waals surface area contributed by atoms with E-state index in [0.717, 1.165) is 49.4 Å². The van der Waals surface area contributed by atoms with Crippen molar-refractivity contribution in [2.75, 3.05) is 6.54 Å². The zero-order valence-electron chi connectivity index (χ0n) is 23.9. The fourth-order valence-corrected chi connectivity index (χ4v) is 3.00. The maximum absolute atomic E-state index is 13.9. The van der Waals surface area contributed by atoms with Crippen molar-refractivity contribution in [3.8, 4) is 0 Å². The van der Waals surface area contributed by atoms with Crippen molar-refractivity contribution in [3.63, 3.8) is 0 Å². The van der Waals surface area contributed by atoms with Crippen LogP contribution in [0, 0.1) is 11.8 Å². The third-order valence-electron chi connectivity index (χ3n) is 5.47. The van der Waals surface area contributed by atoms with Crippen molar-refractivity contribution in [2.24, 2.45) is 27.6 Å². The lowest BCUT2D eigenvalue weighted by Crippen LogP contribution is -2.18. The van der Waals surface area contributed by atoms with Crippen LogP contribution in [0.25, 0.3) is 0 Å². The minimum atomic E-state index is -2.99. The van der Waals surface area contributed by atoms with Gasteiger partial charge in [0.15, 0.2) is 0 Å². The van der Waals surface area contributed by atoms with E-state index in [0.29, 0.717) is 29.2 Å². The van der Waals surface area contributed by atoms with Gasteiger partial charge in [-0.05, 0) is 56.2 Å². The summed E-state index contributed by atoms with van der Waals surface area (Å²) in [5, 5.41) is 0.552. The minimum absolute atomic E-state index is 0.0436. The average molecular weight is 538 g/mol. The predicted molar refractivity (Wildman–Crippen MR) is 157 cm³/mol. The Bertz CT molecular complexity index is 943. The van der Waals surface area contributed by atoms with Gasteiger partial charge in [-0.1, -0.05) is 83.1 Å². The van der Waals surface area contributed by atoms with Crippen LogP contribution in [-0.2, 0) is 11.3 Å². The van der Waals surface area contributed by atoms with Crippen molar-refractivity contribution in [2.45, 2.75) is 87.2 Å². The van der Waals surface area contributed by atoms with Gasteiger partial charge in [0.1, 0.15) is 23.2 Å². The van der Waals surface area contributed by atoms with Gasteiger partial charge in [0.2, 0.25) is 0 Å². The molecule has 0 saturated heterocycles. The van der Waals surface area contributed by atoms with Gasteiger partial charge in [-0.25, -0.2) is 4.99 Å². The number of nitrogens with two attached hydrogens (primary N) is 1. The number of halogens is 3. The van der Waals surface area contributed by atoms with Crippen molar-refractivity contribution in [3.05, 3.63) is 71.3 Å². The zero-order chi connectivity index (χ0) is 28.6. The molecule has 0 aliphatic carbocycles. The van der Waals surface area contributed by atoms with E-state index in [4.69, 9.17) is 22.1 Å². The molecule has 0 radical (unpaired) electrons. The summed E-state index contributed by atoms with van der Waals surface area (Å²) >= 11 is 6.02. The second-order valence-electron chi connectivity index (χ2n) is 9.47. The molecule has 2 N–H and O–H groups in total. The quantitative estimate of drug-likeness (QED) is 0.155. The van der Waals surface area contributed by atoms with Gasteiger partial charge in [-0.2, -0.15) is 8.78 Å². The molecule has 1 aromatic rings. The molecule has 0 saturated carbocycles. The molecule has 0 bridgehead atoms.